The average molecular weight is 325 g/mol. The maximum Gasteiger partial charge on any atom is 0.193 e. The minimum absolute atomic E-state index is 0.746. The molecule has 5 nitrogen and oxygen atoms in total. The van der Waals surface area contributed by atoms with Crippen molar-refractivity contribution < 1.29 is 0 Å². The Morgan fingerprint density at radius 3 is 2.79 bits per heavy atom. The molecule has 0 aliphatic heterocycles. The number of allylic oxidation sites excluding steroid dienone is 1. The summed E-state index contributed by atoms with van der Waals surface area (Å²) < 4.78 is 1.94. The molecular formula is C19H27N5. The summed E-state index contributed by atoms with van der Waals surface area (Å²) in [6.45, 7) is 6.25. The van der Waals surface area contributed by atoms with Crippen molar-refractivity contribution >= 4 is 5.96 Å². The van der Waals surface area contributed by atoms with Gasteiger partial charge in [0.1, 0.15) is 0 Å². The van der Waals surface area contributed by atoms with E-state index in [-0.39, 0.29) is 0 Å². The van der Waals surface area contributed by atoms with Crippen LogP contribution < -0.4 is 5.32 Å². The second-order valence-electron chi connectivity index (χ2n) is 5.73. The molecule has 1 aromatic carbocycles. The second-order valence-corrected chi connectivity index (χ2v) is 5.73. The zero-order chi connectivity index (χ0) is 17.2. The van der Waals surface area contributed by atoms with E-state index in [9.17, 15) is 0 Å². The highest BCUT2D eigenvalue weighted by Gasteiger charge is 2.07. The lowest BCUT2D eigenvalue weighted by Crippen LogP contribution is -2.39. The smallest absolute Gasteiger partial charge is 0.193 e. The van der Waals surface area contributed by atoms with Crippen LogP contribution in [0.25, 0.3) is 0 Å². The summed E-state index contributed by atoms with van der Waals surface area (Å²) in [5, 5.41) is 7.74. The first-order valence-corrected chi connectivity index (χ1v) is 8.31. The van der Waals surface area contributed by atoms with Gasteiger partial charge >= 0.3 is 0 Å². The van der Waals surface area contributed by atoms with Crippen molar-refractivity contribution in [3.63, 3.8) is 0 Å². The van der Waals surface area contributed by atoms with Crippen molar-refractivity contribution in [3.05, 3.63) is 66.5 Å². The van der Waals surface area contributed by atoms with E-state index >= 15 is 0 Å². The fourth-order valence-electron chi connectivity index (χ4n) is 2.59. The van der Waals surface area contributed by atoms with Crippen LogP contribution in [0.4, 0.5) is 0 Å². The molecular weight excluding hydrogens is 298 g/mol. The summed E-state index contributed by atoms with van der Waals surface area (Å²) in [4.78, 5) is 6.53. The number of nitrogens with zero attached hydrogens (tertiary/aromatic N) is 4. The highest BCUT2D eigenvalue weighted by atomic mass is 15.3. The van der Waals surface area contributed by atoms with Gasteiger partial charge in [0.25, 0.3) is 0 Å². The van der Waals surface area contributed by atoms with Crippen LogP contribution in [-0.2, 0) is 13.1 Å². The molecule has 0 radical (unpaired) electrons. The zero-order valence-corrected chi connectivity index (χ0v) is 14.7. The molecule has 24 heavy (non-hydrogen) atoms. The first-order chi connectivity index (χ1) is 11.7. The van der Waals surface area contributed by atoms with Crippen molar-refractivity contribution in [2.24, 2.45) is 4.99 Å². The zero-order valence-electron chi connectivity index (χ0n) is 14.7. The maximum atomic E-state index is 4.38. The minimum atomic E-state index is 0.746. The van der Waals surface area contributed by atoms with Crippen LogP contribution in [0, 0.1) is 0 Å². The molecule has 0 aliphatic rings. The first kappa shape index (κ1) is 17.8. The Bertz CT molecular complexity index is 646. The van der Waals surface area contributed by atoms with Crippen molar-refractivity contribution in [2.45, 2.75) is 25.9 Å². The van der Waals surface area contributed by atoms with Gasteiger partial charge in [-0.05, 0) is 30.0 Å². The van der Waals surface area contributed by atoms with Gasteiger partial charge in [-0.3, -0.25) is 9.67 Å². The van der Waals surface area contributed by atoms with Gasteiger partial charge in [-0.25, -0.2) is 0 Å². The van der Waals surface area contributed by atoms with E-state index in [2.05, 4.69) is 58.2 Å². The first-order valence-electron chi connectivity index (χ1n) is 8.31. The quantitative estimate of drug-likeness (QED) is 0.351. The number of hydrogen-bond donors (Lipinski definition) is 1. The van der Waals surface area contributed by atoms with Crippen molar-refractivity contribution in [2.75, 3.05) is 20.6 Å². The van der Waals surface area contributed by atoms with Crippen LogP contribution in [0.2, 0.25) is 0 Å². The van der Waals surface area contributed by atoms with Crippen molar-refractivity contribution in [1.29, 1.82) is 0 Å². The van der Waals surface area contributed by atoms with E-state index in [0.29, 0.717) is 0 Å². The van der Waals surface area contributed by atoms with Crippen LogP contribution in [0.5, 0.6) is 0 Å². The predicted octanol–water partition coefficient (Wildman–Crippen LogP) is 2.90. The molecule has 0 atom stereocenters. The molecule has 0 fully saturated rings. The Labute approximate surface area is 144 Å². The molecule has 1 aromatic heterocycles. The molecule has 1 heterocycles. The topological polar surface area (TPSA) is 45.5 Å². The summed E-state index contributed by atoms with van der Waals surface area (Å²) in [6.07, 6.45) is 7.84. The van der Waals surface area contributed by atoms with Crippen LogP contribution in [0.3, 0.4) is 0 Å². The summed E-state index contributed by atoms with van der Waals surface area (Å²) in [7, 11) is 3.88. The molecule has 0 aliphatic carbocycles. The number of unbranched alkanes of at least 4 members (excludes halogenated alkanes) is 1. The minimum Gasteiger partial charge on any atom is -0.352 e. The average Bonchev–Trinajstić information content (AvgIpc) is 3.10. The molecule has 0 spiro atoms. The molecule has 0 saturated heterocycles. The van der Waals surface area contributed by atoms with Gasteiger partial charge in [0.05, 0.1) is 6.54 Å². The molecule has 0 bridgehead atoms. The standard InChI is InChI=1S/C19H27N5/c1-4-5-8-13-23(3)19(20-2)21-15-17-10-6-7-11-18(17)16-24-14-9-12-22-24/h4,6-7,9-12,14H,1,5,8,13,15-16H2,2-3H3,(H,20,21). The monoisotopic (exact) mass is 325 g/mol. The third-order valence-corrected chi connectivity index (χ3v) is 3.92. The molecule has 2 aromatic rings. The maximum absolute atomic E-state index is 4.38. The number of aromatic nitrogens is 2. The van der Waals surface area contributed by atoms with Gasteiger partial charge < -0.3 is 10.2 Å². The Kier molecular flexibility index (Phi) is 7.08. The molecule has 128 valence electrons. The second kappa shape index (κ2) is 9.55. The Morgan fingerprint density at radius 2 is 2.12 bits per heavy atom. The molecule has 1 N–H and O–H groups in total. The van der Waals surface area contributed by atoms with Gasteiger partial charge in [-0.2, -0.15) is 5.10 Å². The number of guanidine groups is 1. The largest absolute Gasteiger partial charge is 0.352 e. The van der Waals surface area contributed by atoms with Crippen molar-refractivity contribution in [1.82, 2.24) is 20.0 Å². The SMILES string of the molecule is C=CCCCN(C)C(=NC)NCc1ccccc1Cn1cccn1. The van der Waals surface area contributed by atoms with Crippen LogP contribution in [-0.4, -0.2) is 41.3 Å². The fraction of sp³-hybridized carbons (Fsp3) is 0.368. The molecule has 0 saturated carbocycles. The fourth-order valence-corrected chi connectivity index (χ4v) is 2.59. The summed E-state index contributed by atoms with van der Waals surface area (Å²) in [6, 6.07) is 10.4. The summed E-state index contributed by atoms with van der Waals surface area (Å²) >= 11 is 0. The van der Waals surface area contributed by atoms with E-state index in [1.54, 1.807) is 6.20 Å². The van der Waals surface area contributed by atoms with Gasteiger partial charge in [-0.1, -0.05) is 30.3 Å². The lowest BCUT2D eigenvalue weighted by molar-refractivity contribution is 0.469. The van der Waals surface area contributed by atoms with E-state index in [4.69, 9.17) is 0 Å². The molecule has 2 rings (SSSR count). The molecule has 0 unspecified atom stereocenters. The summed E-state index contributed by atoms with van der Waals surface area (Å²) in [5.74, 6) is 0.910. The van der Waals surface area contributed by atoms with Crippen LogP contribution in [0.1, 0.15) is 24.0 Å². The van der Waals surface area contributed by atoms with E-state index in [0.717, 1.165) is 38.4 Å². The van der Waals surface area contributed by atoms with Gasteiger partial charge in [-0.15, -0.1) is 6.58 Å². The van der Waals surface area contributed by atoms with Crippen molar-refractivity contribution in [3.8, 4) is 0 Å². The Morgan fingerprint density at radius 1 is 1.33 bits per heavy atom. The predicted molar refractivity (Wildman–Crippen MR) is 100 cm³/mol. The van der Waals surface area contributed by atoms with Crippen LogP contribution >= 0.6 is 0 Å². The highest BCUT2D eigenvalue weighted by Crippen LogP contribution is 2.10. The third-order valence-electron chi connectivity index (χ3n) is 3.92. The van der Waals surface area contributed by atoms with E-state index in [1.165, 1.54) is 11.1 Å². The summed E-state index contributed by atoms with van der Waals surface area (Å²) in [5.41, 5.74) is 2.52. The van der Waals surface area contributed by atoms with Crippen LogP contribution in [0.15, 0.2) is 60.4 Å². The van der Waals surface area contributed by atoms with E-state index in [1.807, 2.05) is 30.1 Å². The Balaban J connectivity index is 1.96. The van der Waals surface area contributed by atoms with Gasteiger partial charge in [0, 0.05) is 39.6 Å². The molecule has 0 amide bonds. The lowest BCUT2D eigenvalue weighted by Gasteiger charge is -2.22. The number of aliphatic imine (C=N–C) groups is 1. The number of rotatable bonds is 8. The number of hydrogen-bond acceptors (Lipinski definition) is 2. The number of benzene rings is 1. The Hall–Kier alpha value is -2.56. The van der Waals surface area contributed by atoms with E-state index < -0.39 is 0 Å². The van der Waals surface area contributed by atoms with Gasteiger partial charge in [0.2, 0.25) is 0 Å². The molecule has 5 heteroatoms. The van der Waals surface area contributed by atoms with Gasteiger partial charge in [0.15, 0.2) is 5.96 Å². The number of nitrogens with one attached hydrogen (secondary N) is 1. The normalized spacial score (nSPS) is 11.3. The lowest BCUT2D eigenvalue weighted by atomic mass is 10.1. The highest BCUT2D eigenvalue weighted by molar-refractivity contribution is 5.79. The third kappa shape index (κ3) is 5.26.